The molecule has 0 aromatic rings. The van der Waals surface area contributed by atoms with Crippen LogP contribution < -0.4 is 5.73 Å². The highest BCUT2D eigenvalue weighted by Gasteiger charge is 2.52. The summed E-state index contributed by atoms with van der Waals surface area (Å²) in [6, 6.07) is -0.210. The molecule has 2 rings (SSSR count). The molecule has 0 bridgehead atoms. The monoisotopic (exact) mass is 225 g/mol. The van der Waals surface area contributed by atoms with Gasteiger partial charge in [0.15, 0.2) is 0 Å². The lowest BCUT2D eigenvalue weighted by molar-refractivity contribution is -0.0887. The Balaban J connectivity index is 2.35. The van der Waals surface area contributed by atoms with Crippen molar-refractivity contribution in [2.24, 2.45) is 10.7 Å². The van der Waals surface area contributed by atoms with Gasteiger partial charge in [-0.1, -0.05) is 0 Å². The Morgan fingerprint density at radius 2 is 2.25 bits per heavy atom. The van der Waals surface area contributed by atoms with E-state index in [-0.39, 0.29) is 11.6 Å². The first-order chi connectivity index (χ1) is 7.41. The van der Waals surface area contributed by atoms with Crippen LogP contribution in [-0.2, 0) is 4.74 Å². The van der Waals surface area contributed by atoms with Crippen molar-refractivity contribution in [3.63, 3.8) is 0 Å². The molecule has 2 N–H and O–H groups in total. The maximum atomic E-state index is 11.7. The number of carbonyl (C=O) groups excluding carboxylic acids is 1. The van der Waals surface area contributed by atoms with Crippen LogP contribution in [0, 0.1) is 0 Å². The van der Waals surface area contributed by atoms with Crippen LogP contribution in [0.15, 0.2) is 4.99 Å². The second-order valence-electron chi connectivity index (χ2n) is 5.09. The van der Waals surface area contributed by atoms with Gasteiger partial charge >= 0.3 is 6.03 Å². The Morgan fingerprint density at radius 1 is 1.56 bits per heavy atom. The second-order valence-corrected chi connectivity index (χ2v) is 5.09. The van der Waals surface area contributed by atoms with Gasteiger partial charge in [-0.2, -0.15) is 4.99 Å². The number of nitrogens with zero attached hydrogens (tertiary/aromatic N) is 2. The number of hydrogen-bond acceptors (Lipinski definition) is 3. The van der Waals surface area contributed by atoms with Gasteiger partial charge in [0.2, 0.25) is 0 Å². The lowest BCUT2D eigenvalue weighted by Gasteiger charge is -2.46. The lowest BCUT2D eigenvalue weighted by atomic mass is 9.79. The molecule has 1 atom stereocenters. The van der Waals surface area contributed by atoms with Gasteiger partial charge in [-0.25, -0.2) is 4.79 Å². The van der Waals surface area contributed by atoms with Crippen molar-refractivity contribution in [1.29, 1.82) is 0 Å². The number of amides is 2. The molecule has 1 spiro atoms. The van der Waals surface area contributed by atoms with Crippen LogP contribution in [0.1, 0.15) is 33.6 Å². The summed E-state index contributed by atoms with van der Waals surface area (Å²) in [5.41, 5.74) is 5.29. The molecule has 2 heterocycles. The number of rotatable bonds is 1. The molecule has 0 aromatic carbocycles. The number of ether oxygens (including phenoxy) is 1. The molecule has 1 saturated heterocycles. The van der Waals surface area contributed by atoms with Gasteiger partial charge in [0, 0.05) is 26.0 Å². The van der Waals surface area contributed by atoms with Gasteiger partial charge < -0.3 is 15.4 Å². The molecule has 1 unspecified atom stereocenters. The van der Waals surface area contributed by atoms with E-state index in [1.165, 1.54) is 0 Å². The van der Waals surface area contributed by atoms with E-state index in [1.807, 2.05) is 20.8 Å². The molecule has 2 aliphatic rings. The number of likely N-dealkylation sites (N-methyl/N-ethyl adjacent to an activating group) is 1. The highest BCUT2D eigenvalue weighted by Crippen LogP contribution is 2.39. The molecule has 2 aliphatic heterocycles. The molecule has 0 aliphatic carbocycles. The van der Waals surface area contributed by atoms with Crippen LogP contribution in [0.3, 0.4) is 0 Å². The zero-order chi connectivity index (χ0) is 12.0. The van der Waals surface area contributed by atoms with Crippen molar-refractivity contribution in [3.05, 3.63) is 0 Å². The van der Waals surface area contributed by atoms with Crippen molar-refractivity contribution in [1.82, 2.24) is 4.90 Å². The molecule has 0 radical (unpaired) electrons. The number of carbonyl (C=O) groups is 1. The average Bonchev–Trinajstić information content (AvgIpc) is 2.36. The third-order valence-electron chi connectivity index (χ3n) is 3.48. The van der Waals surface area contributed by atoms with Crippen molar-refractivity contribution in [2.45, 2.75) is 44.8 Å². The van der Waals surface area contributed by atoms with Crippen LogP contribution in [0.25, 0.3) is 0 Å². The van der Waals surface area contributed by atoms with Crippen molar-refractivity contribution in [2.75, 3.05) is 13.2 Å². The van der Waals surface area contributed by atoms with Gasteiger partial charge in [-0.15, -0.1) is 0 Å². The molecule has 5 heteroatoms. The quantitative estimate of drug-likeness (QED) is 0.727. The summed E-state index contributed by atoms with van der Waals surface area (Å²) in [7, 11) is 0. The summed E-state index contributed by atoms with van der Waals surface area (Å²) >= 11 is 0. The van der Waals surface area contributed by atoms with Crippen LogP contribution >= 0.6 is 0 Å². The molecular weight excluding hydrogens is 206 g/mol. The first-order valence-corrected chi connectivity index (χ1v) is 5.71. The SMILES string of the molecule is CCN1C(=O)N=C(N)C12CCOC(C)(C)C2. The van der Waals surface area contributed by atoms with Crippen molar-refractivity contribution < 1.29 is 9.53 Å². The third-order valence-corrected chi connectivity index (χ3v) is 3.48. The zero-order valence-corrected chi connectivity index (χ0v) is 10.1. The number of aliphatic imine (C=N–C) groups is 1. The van der Waals surface area contributed by atoms with Crippen LogP contribution in [0.2, 0.25) is 0 Å². The van der Waals surface area contributed by atoms with Gasteiger partial charge in [0.05, 0.1) is 5.60 Å². The van der Waals surface area contributed by atoms with E-state index in [0.717, 1.165) is 12.8 Å². The lowest BCUT2D eigenvalue weighted by Crippen LogP contribution is -2.60. The number of hydrogen-bond donors (Lipinski definition) is 1. The standard InChI is InChI=1S/C11H19N3O2/c1-4-14-9(15)13-8(12)11(14)5-6-16-10(2,3)7-11/h4-7H2,1-3H3,(H2,12,13,15). The van der Waals surface area contributed by atoms with E-state index in [4.69, 9.17) is 10.5 Å². The molecule has 2 amide bonds. The highest BCUT2D eigenvalue weighted by molar-refractivity contribution is 6.05. The maximum Gasteiger partial charge on any atom is 0.346 e. The topological polar surface area (TPSA) is 67.9 Å². The molecule has 0 aromatic heterocycles. The van der Waals surface area contributed by atoms with Gasteiger partial charge in [0.1, 0.15) is 11.4 Å². The first kappa shape index (κ1) is 11.4. The molecule has 0 saturated carbocycles. The summed E-state index contributed by atoms with van der Waals surface area (Å²) in [4.78, 5) is 17.4. The molecular formula is C11H19N3O2. The Morgan fingerprint density at radius 3 is 2.81 bits per heavy atom. The summed E-state index contributed by atoms with van der Waals surface area (Å²) in [5.74, 6) is 0.454. The molecule has 5 nitrogen and oxygen atoms in total. The number of nitrogens with two attached hydrogens (primary N) is 1. The highest BCUT2D eigenvalue weighted by atomic mass is 16.5. The van der Waals surface area contributed by atoms with Gasteiger partial charge in [0.25, 0.3) is 0 Å². The predicted octanol–water partition coefficient (Wildman–Crippen LogP) is 1.13. The second kappa shape index (κ2) is 3.45. The summed E-state index contributed by atoms with van der Waals surface area (Å²) in [6.45, 7) is 7.26. The summed E-state index contributed by atoms with van der Waals surface area (Å²) < 4.78 is 5.68. The fraction of sp³-hybridized carbons (Fsp3) is 0.818. The summed E-state index contributed by atoms with van der Waals surface area (Å²) in [5, 5.41) is 0. The Kier molecular flexibility index (Phi) is 2.45. The Bertz CT molecular complexity index is 351. The summed E-state index contributed by atoms with van der Waals surface area (Å²) in [6.07, 6.45) is 1.46. The van der Waals surface area contributed by atoms with E-state index >= 15 is 0 Å². The van der Waals surface area contributed by atoms with Crippen molar-refractivity contribution in [3.8, 4) is 0 Å². The van der Waals surface area contributed by atoms with Crippen LogP contribution in [0.5, 0.6) is 0 Å². The fourth-order valence-electron chi connectivity index (χ4n) is 2.82. The minimum Gasteiger partial charge on any atom is -0.385 e. The number of amidine groups is 1. The van der Waals surface area contributed by atoms with E-state index < -0.39 is 5.54 Å². The van der Waals surface area contributed by atoms with E-state index in [0.29, 0.717) is 19.0 Å². The largest absolute Gasteiger partial charge is 0.385 e. The fourth-order valence-corrected chi connectivity index (χ4v) is 2.82. The predicted molar refractivity (Wildman–Crippen MR) is 61.4 cm³/mol. The smallest absolute Gasteiger partial charge is 0.346 e. The normalized spacial score (nSPS) is 33.3. The minimum atomic E-state index is -0.409. The van der Waals surface area contributed by atoms with Crippen LogP contribution in [-0.4, -0.2) is 41.1 Å². The molecule has 16 heavy (non-hydrogen) atoms. The minimum absolute atomic E-state index is 0.210. The van der Waals surface area contributed by atoms with Crippen molar-refractivity contribution >= 4 is 11.9 Å². The van der Waals surface area contributed by atoms with E-state index in [9.17, 15) is 4.79 Å². The first-order valence-electron chi connectivity index (χ1n) is 5.71. The van der Waals surface area contributed by atoms with Gasteiger partial charge in [-0.3, -0.25) is 0 Å². The maximum absolute atomic E-state index is 11.7. The zero-order valence-electron chi connectivity index (χ0n) is 10.1. The molecule has 90 valence electrons. The Hall–Kier alpha value is -1.10. The van der Waals surface area contributed by atoms with E-state index in [1.54, 1.807) is 4.90 Å². The Labute approximate surface area is 95.6 Å². The van der Waals surface area contributed by atoms with Gasteiger partial charge in [-0.05, 0) is 20.8 Å². The third kappa shape index (κ3) is 1.50. The average molecular weight is 225 g/mol. The van der Waals surface area contributed by atoms with E-state index in [2.05, 4.69) is 4.99 Å². The number of urea groups is 1. The molecule has 1 fully saturated rings. The van der Waals surface area contributed by atoms with Crippen LogP contribution in [0.4, 0.5) is 4.79 Å².